The van der Waals surface area contributed by atoms with Crippen molar-refractivity contribution in [2.75, 3.05) is 26.7 Å². The number of aliphatic carboxylic acids is 1. The molecule has 1 unspecified atom stereocenters. The zero-order chi connectivity index (χ0) is 15.1. The number of hydrogen-bond donors (Lipinski definition) is 1. The molecule has 0 fully saturated rings. The second-order valence-electron chi connectivity index (χ2n) is 4.63. The lowest BCUT2D eigenvalue weighted by Crippen LogP contribution is -2.41. The molecule has 0 heterocycles. The molecule has 1 atom stereocenters. The van der Waals surface area contributed by atoms with Crippen LogP contribution in [-0.2, 0) is 9.59 Å². The molecular weight excluding hydrogens is 256 g/mol. The first kappa shape index (κ1) is 16.2. The minimum absolute atomic E-state index is 0.0559. The highest BCUT2D eigenvalue weighted by molar-refractivity contribution is 5.80. The van der Waals surface area contributed by atoms with Crippen LogP contribution in [0.4, 0.5) is 0 Å². The lowest BCUT2D eigenvalue weighted by Gasteiger charge is -2.27. The molecule has 1 amide bonds. The minimum Gasteiger partial charge on any atom is -0.480 e. The van der Waals surface area contributed by atoms with E-state index in [0.717, 1.165) is 0 Å². The smallest absolute Gasteiger partial charge is 0.325 e. The number of carboxylic acids is 1. The average molecular weight is 278 g/mol. The molecule has 0 aromatic heterocycles. The van der Waals surface area contributed by atoms with Crippen LogP contribution in [0.15, 0.2) is 30.3 Å². The summed E-state index contributed by atoms with van der Waals surface area (Å²) in [6.07, 6.45) is 0. The second kappa shape index (κ2) is 7.65. The third-order valence-corrected chi connectivity index (χ3v) is 3.29. The van der Waals surface area contributed by atoms with Crippen molar-refractivity contribution < 1.29 is 14.7 Å². The van der Waals surface area contributed by atoms with Crippen LogP contribution in [0.5, 0.6) is 0 Å². The van der Waals surface area contributed by atoms with Crippen LogP contribution >= 0.6 is 0 Å². The largest absolute Gasteiger partial charge is 0.480 e. The van der Waals surface area contributed by atoms with Gasteiger partial charge in [-0.1, -0.05) is 30.3 Å². The standard InChI is InChI=1S/C15H22N2O3/c1-4-17(5-2)13(18)11-16(3)14(15(19)20)12-9-7-6-8-10-12/h6-10,14H,4-5,11H2,1-3H3,(H,19,20). The summed E-state index contributed by atoms with van der Waals surface area (Å²) in [6, 6.07) is 8.14. The van der Waals surface area contributed by atoms with Crippen molar-refractivity contribution in [1.82, 2.24) is 9.80 Å². The van der Waals surface area contributed by atoms with Crippen molar-refractivity contribution in [2.45, 2.75) is 19.9 Å². The summed E-state index contributed by atoms with van der Waals surface area (Å²) in [5.74, 6) is -1.01. The van der Waals surface area contributed by atoms with Gasteiger partial charge in [0.15, 0.2) is 0 Å². The van der Waals surface area contributed by atoms with Gasteiger partial charge in [-0.3, -0.25) is 14.5 Å². The summed E-state index contributed by atoms with van der Waals surface area (Å²) >= 11 is 0. The molecule has 0 saturated carbocycles. The van der Waals surface area contributed by atoms with Crippen molar-refractivity contribution in [1.29, 1.82) is 0 Å². The van der Waals surface area contributed by atoms with Crippen molar-refractivity contribution >= 4 is 11.9 Å². The minimum atomic E-state index is -0.953. The SMILES string of the molecule is CCN(CC)C(=O)CN(C)C(C(=O)O)c1ccccc1. The molecule has 0 saturated heterocycles. The molecule has 1 aromatic rings. The van der Waals surface area contributed by atoms with Crippen molar-refractivity contribution in [2.24, 2.45) is 0 Å². The summed E-state index contributed by atoms with van der Waals surface area (Å²) in [5, 5.41) is 9.40. The molecule has 20 heavy (non-hydrogen) atoms. The Morgan fingerprint density at radius 3 is 2.15 bits per heavy atom. The number of likely N-dealkylation sites (N-methyl/N-ethyl adjacent to an activating group) is 2. The van der Waals surface area contributed by atoms with Gasteiger partial charge < -0.3 is 10.0 Å². The van der Waals surface area contributed by atoms with Crippen molar-refractivity contribution in [3.05, 3.63) is 35.9 Å². The number of rotatable bonds is 7. The molecule has 5 heteroatoms. The van der Waals surface area contributed by atoms with E-state index in [0.29, 0.717) is 18.7 Å². The maximum atomic E-state index is 12.1. The normalized spacial score (nSPS) is 12.2. The Kier molecular flexibility index (Phi) is 6.18. The van der Waals surface area contributed by atoms with Crippen molar-refractivity contribution in [3.63, 3.8) is 0 Å². The highest BCUT2D eigenvalue weighted by atomic mass is 16.4. The number of carbonyl (C=O) groups excluding carboxylic acids is 1. The lowest BCUT2D eigenvalue weighted by atomic mass is 10.1. The number of amides is 1. The van der Waals surface area contributed by atoms with E-state index in [1.54, 1.807) is 41.1 Å². The Morgan fingerprint density at radius 2 is 1.70 bits per heavy atom. The number of carboxylic acid groups (broad SMARTS) is 1. The predicted molar refractivity (Wildman–Crippen MR) is 77.4 cm³/mol. The van der Waals surface area contributed by atoms with Gasteiger partial charge in [0.2, 0.25) is 5.91 Å². The first-order valence-electron chi connectivity index (χ1n) is 6.77. The number of nitrogens with zero attached hydrogens (tertiary/aromatic N) is 2. The fraction of sp³-hybridized carbons (Fsp3) is 0.467. The summed E-state index contributed by atoms with van der Waals surface area (Å²) in [5.41, 5.74) is 0.676. The van der Waals surface area contributed by atoms with Crippen LogP contribution < -0.4 is 0 Å². The van der Waals surface area contributed by atoms with Gasteiger partial charge in [-0.15, -0.1) is 0 Å². The Labute approximate surface area is 119 Å². The predicted octanol–water partition coefficient (Wildman–Crippen LogP) is 1.61. The van der Waals surface area contributed by atoms with Crippen LogP contribution in [0.1, 0.15) is 25.5 Å². The van der Waals surface area contributed by atoms with E-state index in [9.17, 15) is 14.7 Å². The number of hydrogen-bond acceptors (Lipinski definition) is 3. The summed E-state index contributed by atoms with van der Waals surface area (Å²) < 4.78 is 0. The molecule has 0 aliphatic rings. The van der Waals surface area contributed by atoms with Crippen molar-refractivity contribution in [3.8, 4) is 0 Å². The molecule has 1 N–H and O–H groups in total. The average Bonchev–Trinajstić information content (AvgIpc) is 2.40. The van der Waals surface area contributed by atoms with E-state index in [1.807, 2.05) is 19.9 Å². The maximum Gasteiger partial charge on any atom is 0.325 e. The Hall–Kier alpha value is -1.88. The van der Waals surface area contributed by atoms with Gasteiger partial charge in [-0.2, -0.15) is 0 Å². The van der Waals surface area contributed by atoms with Crippen LogP contribution in [0.3, 0.4) is 0 Å². The van der Waals surface area contributed by atoms with Gasteiger partial charge >= 0.3 is 5.97 Å². The monoisotopic (exact) mass is 278 g/mol. The van der Waals surface area contributed by atoms with Gasteiger partial charge in [0, 0.05) is 13.1 Å². The van der Waals surface area contributed by atoms with E-state index < -0.39 is 12.0 Å². The first-order chi connectivity index (χ1) is 9.51. The van der Waals surface area contributed by atoms with Gasteiger partial charge in [0.1, 0.15) is 6.04 Å². The highest BCUT2D eigenvalue weighted by Crippen LogP contribution is 2.19. The van der Waals surface area contributed by atoms with E-state index in [4.69, 9.17) is 0 Å². The maximum absolute atomic E-state index is 12.1. The van der Waals surface area contributed by atoms with Crippen LogP contribution in [-0.4, -0.2) is 53.5 Å². The quantitative estimate of drug-likeness (QED) is 0.823. The molecular formula is C15H22N2O3. The zero-order valence-electron chi connectivity index (χ0n) is 12.2. The molecule has 0 aliphatic heterocycles. The molecule has 0 bridgehead atoms. The fourth-order valence-electron chi connectivity index (χ4n) is 2.20. The molecule has 0 radical (unpaired) electrons. The summed E-state index contributed by atoms with van der Waals surface area (Å²) in [4.78, 5) is 26.8. The molecule has 5 nitrogen and oxygen atoms in total. The fourth-order valence-corrected chi connectivity index (χ4v) is 2.20. The topological polar surface area (TPSA) is 60.9 Å². The lowest BCUT2D eigenvalue weighted by molar-refractivity contribution is -0.144. The first-order valence-corrected chi connectivity index (χ1v) is 6.77. The summed E-state index contributed by atoms with van der Waals surface area (Å²) in [7, 11) is 1.66. The third kappa shape index (κ3) is 4.06. The van der Waals surface area contributed by atoms with Crippen LogP contribution in [0, 0.1) is 0 Å². The van der Waals surface area contributed by atoms with Gasteiger partial charge in [-0.05, 0) is 26.5 Å². The second-order valence-corrected chi connectivity index (χ2v) is 4.63. The number of carbonyl (C=O) groups is 2. The molecule has 0 spiro atoms. The molecule has 110 valence electrons. The third-order valence-electron chi connectivity index (χ3n) is 3.29. The Balaban J connectivity index is 2.83. The molecule has 1 rings (SSSR count). The number of benzene rings is 1. The Morgan fingerprint density at radius 1 is 1.15 bits per heavy atom. The zero-order valence-corrected chi connectivity index (χ0v) is 12.2. The van der Waals surface area contributed by atoms with E-state index >= 15 is 0 Å². The molecule has 0 aliphatic carbocycles. The van der Waals surface area contributed by atoms with E-state index in [2.05, 4.69) is 0 Å². The van der Waals surface area contributed by atoms with Crippen LogP contribution in [0.25, 0.3) is 0 Å². The van der Waals surface area contributed by atoms with Gasteiger partial charge in [-0.25, -0.2) is 0 Å². The van der Waals surface area contributed by atoms with Gasteiger partial charge in [0.25, 0.3) is 0 Å². The van der Waals surface area contributed by atoms with Crippen LogP contribution in [0.2, 0.25) is 0 Å². The van der Waals surface area contributed by atoms with E-state index in [-0.39, 0.29) is 12.5 Å². The summed E-state index contributed by atoms with van der Waals surface area (Å²) in [6.45, 7) is 5.17. The highest BCUT2D eigenvalue weighted by Gasteiger charge is 2.26. The molecule has 1 aromatic carbocycles. The van der Waals surface area contributed by atoms with E-state index in [1.165, 1.54) is 0 Å². The Bertz CT molecular complexity index is 444. The van der Waals surface area contributed by atoms with Gasteiger partial charge in [0.05, 0.1) is 6.54 Å².